The summed E-state index contributed by atoms with van der Waals surface area (Å²) in [5.41, 5.74) is 6.68. The molecular weight excluding hydrogens is 579 g/mol. The van der Waals surface area contributed by atoms with Crippen molar-refractivity contribution in [3.63, 3.8) is 0 Å². The summed E-state index contributed by atoms with van der Waals surface area (Å²) in [5, 5.41) is 5.47. The standard InChI is InChI=1S/C30H38N6O4.2ClH/c1-30(2,31)29(39)33-24(20-40-19-22-11-5-3-6-12-22)28(38)34-26-18-36(21-32-26)25(23-13-7-4-8-14-23)17-27(37)35-15-9-10-16-35;;/h3-8,11-14,18,21,24-25H,9-10,15-17,19-20,31H2,1-2H3,(H,33,39)(H,34,38);2*1H/t24-,25?;;/m1../s1. The van der Waals surface area contributed by atoms with Gasteiger partial charge in [0.2, 0.25) is 11.8 Å². The number of carbonyl (C=O) groups excluding carboxylic acids is 3. The van der Waals surface area contributed by atoms with Crippen LogP contribution in [0.4, 0.5) is 5.82 Å². The van der Waals surface area contributed by atoms with E-state index in [9.17, 15) is 14.4 Å². The molecule has 1 saturated heterocycles. The first-order valence-electron chi connectivity index (χ1n) is 13.6. The Bertz CT molecular complexity index is 1280. The molecule has 2 aromatic carbocycles. The van der Waals surface area contributed by atoms with Gasteiger partial charge in [-0.2, -0.15) is 0 Å². The molecule has 0 spiro atoms. The van der Waals surface area contributed by atoms with Crippen molar-refractivity contribution >= 4 is 48.4 Å². The zero-order chi connectivity index (χ0) is 28.5. The second-order valence-electron chi connectivity index (χ2n) is 10.7. The molecule has 1 aliphatic heterocycles. The number of anilines is 1. The highest BCUT2D eigenvalue weighted by Crippen LogP contribution is 2.25. The van der Waals surface area contributed by atoms with Gasteiger partial charge >= 0.3 is 0 Å². The lowest BCUT2D eigenvalue weighted by atomic mass is 10.0. The quantitative estimate of drug-likeness (QED) is 0.283. The zero-order valence-corrected chi connectivity index (χ0v) is 25.5. The first-order chi connectivity index (χ1) is 19.2. The summed E-state index contributed by atoms with van der Waals surface area (Å²) in [6.45, 7) is 4.92. The summed E-state index contributed by atoms with van der Waals surface area (Å²) in [5.74, 6) is -0.575. The van der Waals surface area contributed by atoms with Crippen LogP contribution in [-0.2, 0) is 25.7 Å². The Labute approximate surface area is 259 Å². The molecule has 0 bridgehead atoms. The van der Waals surface area contributed by atoms with Crippen molar-refractivity contribution in [1.29, 1.82) is 0 Å². The molecule has 3 amide bonds. The molecule has 0 saturated carbocycles. The third kappa shape index (κ3) is 9.84. The van der Waals surface area contributed by atoms with Crippen molar-refractivity contribution in [2.45, 2.75) is 57.3 Å². The monoisotopic (exact) mass is 618 g/mol. The number of likely N-dealkylation sites (tertiary alicyclic amines) is 1. The third-order valence-electron chi connectivity index (χ3n) is 6.83. The molecule has 1 aliphatic rings. The fraction of sp³-hybridized carbons (Fsp3) is 0.400. The predicted octanol–water partition coefficient (Wildman–Crippen LogP) is 3.71. The zero-order valence-electron chi connectivity index (χ0n) is 23.9. The van der Waals surface area contributed by atoms with Crippen molar-refractivity contribution < 1.29 is 19.1 Å². The van der Waals surface area contributed by atoms with E-state index >= 15 is 0 Å². The molecule has 0 radical (unpaired) electrons. The number of carbonyl (C=O) groups is 3. The van der Waals surface area contributed by atoms with Gasteiger partial charge in [-0.25, -0.2) is 4.98 Å². The normalized spacial score (nSPS) is 14.2. The van der Waals surface area contributed by atoms with Crippen LogP contribution in [-0.4, -0.2) is 63.4 Å². The van der Waals surface area contributed by atoms with Crippen LogP contribution in [0.2, 0.25) is 0 Å². The fourth-order valence-electron chi connectivity index (χ4n) is 4.51. The average molecular weight is 620 g/mol. The van der Waals surface area contributed by atoms with Gasteiger partial charge in [0, 0.05) is 19.3 Å². The number of hydrogen-bond donors (Lipinski definition) is 3. The van der Waals surface area contributed by atoms with Crippen molar-refractivity contribution in [3.8, 4) is 0 Å². The highest BCUT2D eigenvalue weighted by molar-refractivity contribution is 5.98. The number of benzene rings is 2. The highest BCUT2D eigenvalue weighted by atomic mass is 35.5. The number of ether oxygens (including phenoxy) is 1. The molecular formula is C30H40Cl2N6O4. The van der Waals surface area contributed by atoms with Gasteiger partial charge in [0.1, 0.15) is 6.04 Å². The largest absolute Gasteiger partial charge is 0.374 e. The number of amides is 3. The van der Waals surface area contributed by atoms with Gasteiger partial charge in [0.25, 0.3) is 5.91 Å². The maximum atomic E-state index is 13.3. The molecule has 12 heteroatoms. The van der Waals surface area contributed by atoms with E-state index in [-0.39, 0.29) is 56.4 Å². The average Bonchev–Trinajstić information content (AvgIpc) is 3.64. The lowest BCUT2D eigenvalue weighted by Gasteiger charge is -2.23. The topological polar surface area (TPSA) is 132 Å². The first-order valence-corrected chi connectivity index (χ1v) is 13.6. The number of hydrogen-bond acceptors (Lipinski definition) is 6. The lowest BCUT2D eigenvalue weighted by Crippen LogP contribution is -2.56. The Kier molecular flexibility index (Phi) is 13.5. The molecule has 2 atom stereocenters. The Balaban J connectivity index is 0.00000308. The van der Waals surface area contributed by atoms with E-state index in [4.69, 9.17) is 10.5 Å². The molecule has 10 nitrogen and oxygen atoms in total. The molecule has 1 fully saturated rings. The number of rotatable bonds is 12. The molecule has 4 N–H and O–H groups in total. The third-order valence-corrected chi connectivity index (χ3v) is 6.83. The van der Waals surface area contributed by atoms with Gasteiger partial charge < -0.3 is 30.6 Å². The van der Waals surface area contributed by atoms with E-state index in [1.54, 1.807) is 26.4 Å². The summed E-state index contributed by atoms with van der Waals surface area (Å²) in [6, 6.07) is 18.0. The molecule has 1 aromatic heterocycles. The van der Waals surface area contributed by atoms with Gasteiger partial charge in [-0.3, -0.25) is 14.4 Å². The molecule has 228 valence electrons. The Hall–Kier alpha value is -3.44. The Morgan fingerprint density at radius 3 is 2.24 bits per heavy atom. The van der Waals surface area contributed by atoms with E-state index in [1.807, 2.05) is 70.1 Å². The van der Waals surface area contributed by atoms with E-state index in [0.717, 1.165) is 37.1 Å². The van der Waals surface area contributed by atoms with Crippen LogP contribution in [0.3, 0.4) is 0 Å². The van der Waals surface area contributed by atoms with Crippen LogP contribution in [0.15, 0.2) is 73.2 Å². The second-order valence-corrected chi connectivity index (χ2v) is 10.7. The van der Waals surface area contributed by atoms with Crippen LogP contribution >= 0.6 is 24.8 Å². The number of halogens is 2. The molecule has 42 heavy (non-hydrogen) atoms. The van der Waals surface area contributed by atoms with Gasteiger partial charge in [0.05, 0.1) is 37.5 Å². The first kappa shape index (κ1) is 34.8. The van der Waals surface area contributed by atoms with Crippen molar-refractivity contribution in [3.05, 3.63) is 84.3 Å². The van der Waals surface area contributed by atoms with Crippen LogP contribution < -0.4 is 16.4 Å². The summed E-state index contributed by atoms with van der Waals surface area (Å²) >= 11 is 0. The number of nitrogens with one attached hydrogen (secondary N) is 2. The second kappa shape index (κ2) is 16.3. The number of aromatic nitrogens is 2. The van der Waals surface area contributed by atoms with Gasteiger partial charge in [-0.1, -0.05) is 60.7 Å². The maximum absolute atomic E-state index is 13.3. The molecule has 0 aliphatic carbocycles. The Morgan fingerprint density at radius 2 is 1.62 bits per heavy atom. The predicted molar refractivity (Wildman–Crippen MR) is 167 cm³/mol. The van der Waals surface area contributed by atoms with Crippen molar-refractivity contribution in [2.24, 2.45) is 5.73 Å². The maximum Gasteiger partial charge on any atom is 0.250 e. The van der Waals surface area contributed by atoms with Gasteiger partial charge in [-0.05, 0) is 37.8 Å². The minimum absolute atomic E-state index is 0. The summed E-state index contributed by atoms with van der Waals surface area (Å²) in [4.78, 5) is 45.2. The van der Waals surface area contributed by atoms with E-state index in [2.05, 4.69) is 15.6 Å². The van der Waals surface area contributed by atoms with Gasteiger partial charge in [0.15, 0.2) is 5.82 Å². The highest BCUT2D eigenvalue weighted by Gasteiger charge is 2.29. The van der Waals surface area contributed by atoms with Crippen molar-refractivity contribution in [1.82, 2.24) is 19.8 Å². The van der Waals surface area contributed by atoms with E-state index < -0.39 is 23.4 Å². The summed E-state index contributed by atoms with van der Waals surface area (Å²) in [6.07, 6.45) is 5.63. The number of nitrogens with zero attached hydrogens (tertiary/aromatic N) is 3. The lowest BCUT2D eigenvalue weighted by molar-refractivity contribution is -0.130. The smallest absolute Gasteiger partial charge is 0.250 e. The minimum atomic E-state index is -1.18. The minimum Gasteiger partial charge on any atom is -0.374 e. The summed E-state index contributed by atoms with van der Waals surface area (Å²) < 4.78 is 7.60. The number of nitrogens with two attached hydrogens (primary N) is 1. The fourth-order valence-corrected chi connectivity index (χ4v) is 4.51. The number of imidazole rings is 1. The van der Waals surface area contributed by atoms with Gasteiger partial charge in [-0.15, -0.1) is 24.8 Å². The molecule has 1 unspecified atom stereocenters. The SMILES string of the molecule is CC(C)(N)C(=O)N[C@H](COCc1ccccc1)C(=O)Nc1cn(C(CC(=O)N2CCCC2)c2ccccc2)cn1.Cl.Cl. The summed E-state index contributed by atoms with van der Waals surface area (Å²) in [7, 11) is 0. The van der Waals surface area contributed by atoms with Crippen LogP contribution in [0.25, 0.3) is 0 Å². The molecule has 4 rings (SSSR count). The Morgan fingerprint density at radius 1 is 1.00 bits per heavy atom. The van der Waals surface area contributed by atoms with Crippen LogP contribution in [0.5, 0.6) is 0 Å². The van der Waals surface area contributed by atoms with E-state index in [0.29, 0.717) is 5.82 Å². The molecule has 3 aromatic rings. The molecule has 2 heterocycles. The van der Waals surface area contributed by atoms with E-state index in [1.165, 1.54) is 0 Å². The van der Waals surface area contributed by atoms with Crippen LogP contribution in [0.1, 0.15) is 50.3 Å². The van der Waals surface area contributed by atoms with Crippen LogP contribution in [0, 0.1) is 0 Å². The van der Waals surface area contributed by atoms with Crippen molar-refractivity contribution in [2.75, 3.05) is 25.0 Å².